The normalized spacial score (nSPS) is 11.9. The first-order valence-electron chi connectivity index (χ1n) is 10.7. The molecule has 0 aromatic heterocycles. The molecule has 0 N–H and O–H groups in total. The van der Waals surface area contributed by atoms with Gasteiger partial charge in [0, 0.05) is 23.3 Å². The summed E-state index contributed by atoms with van der Waals surface area (Å²) < 4.78 is 147. The molecule has 0 unspecified atom stereocenters. The molecule has 4 aromatic rings. The highest BCUT2D eigenvalue weighted by Crippen LogP contribution is 2.40. The lowest BCUT2D eigenvalue weighted by Gasteiger charge is -2.20. The van der Waals surface area contributed by atoms with Crippen molar-refractivity contribution in [3.63, 3.8) is 0 Å². The van der Waals surface area contributed by atoms with E-state index in [0.29, 0.717) is 12.5 Å². The first-order chi connectivity index (χ1) is 17.4. The lowest BCUT2D eigenvalue weighted by atomic mass is 9.96. The van der Waals surface area contributed by atoms with Gasteiger partial charge in [0.25, 0.3) is 0 Å². The van der Waals surface area contributed by atoms with E-state index >= 15 is 4.39 Å². The van der Waals surface area contributed by atoms with Crippen molar-refractivity contribution in [1.82, 2.24) is 0 Å². The fraction of sp³-hybridized carbons (Fsp3) is 0.154. The zero-order valence-electron chi connectivity index (χ0n) is 18.6. The molecule has 194 valence electrons. The average Bonchev–Trinajstić information content (AvgIpc) is 2.83. The van der Waals surface area contributed by atoms with E-state index in [1.807, 2.05) is 0 Å². The lowest BCUT2D eigenvalue weighted by Crippen LogP contribution is -2.24. The molecule has 0 amide bonds. The van der Waals surface area contributed by atoms with E-state index in [-0.39, 0.29) is 24.1 Å². The predicted molar refractivity (Wildman–Crippen MR) is 114 cm³/mol. The summed E-state index contributed by atoms with van der Waals surface area (Å²) in [6.07, 6.45) is -4.07. The van der Waals surface area contributed by atoms with Crippen LogP contribution in [0.15, 0.2) is 42.5 Å². The van der Waals surface area contributed by atoms with Gasteiger partial charge in [0.15, 0.2) is 40.7 Å². The molecule has 11 heteroatoms. The predicted octanol–water partition coefficient (Wildman–Crippen LogP) is 8.70. The molecule has 37 heavy (non-hydrogen) atoms. The van der Waals surface area contributed by atoms with Crippen molar-refractivity contribution in [2.24, 2.45) is 0 Å². The van der Waals surface area contributed by atoms with Crippen LogP contribution in [0.2, 0.25) is 0 Å². The van der Waals surface area contributed by atoms with Crippen molar-refractivity contribution in [3.05, 3.63) is 100 Å². The van der Waals surface area contributed by atoms with E-state index in [2.05, 4.69) is 4.74 Å². The maximum Gasteiger partial charge on any atom is 0.429 e. The quantitative estimate of drug-likeness (QED) is 0.178. The monoisotopic (exact) mass is 532 g/mol. The molecule has 4 rings (SSSR count). The zero-order chi connectivity index (χ0) is 27.2. The first kappa shape index (κ1) is 26.3. The van der Waals surface area contributed by atoms with Crippen LogP contribution in [0.1, 0.15) is 24.5 Å². The van der Waals surface area contributed by atoms with Crippen LogP contribution < -0.4 is 4.74 Å². The zero-order valence-corrected chi connectivity index (χ0v) is 18.6. The number of rotatable bonds is 6. The van der Waals surface area contributed by atoms with Crippen molar-refractivity contribution < 1.29 is 48.6 Å². The van der Waals surface area contributed by atoms with Crippen molar-refractivity contribution in [3.8, 4) is 16.9 Å². The molecule has 0 saturated heterocycles. The molecule has 0 aliphatic rings. The van der Waals surface area contributed by atoms with Crippen LogP contribution in [-0.4, -0.2) is 0 Å². The molecule has 0 heterocycles. The summed E-state index contributed by atoms with van der Waals surface area (Å²) in [5.41, 5.74) is -3.00. The maximum atomic E-state index is 15.2. The topological polar surface area (TPSA) is 9.23 Å². The van der Waals surface area contributed by atoms with E-state index in [1.54, 1.807) is 6.92 Å². The Labute approximate surface area is 202 Å². The molecule has 0 fully saturated rings. The Balaban J connectivity index is 1.82. The molecule has 0 radical (unpaired) electrons. The van der Waals surface area contributed by atoms with Crippen molar-refractivity contribution in [2.75, 3.05) is 0 Å². The second kappa shape index (κ2) is 9.60. The van der Waals surface area contributed by atoms with Crippen LogP contribution in [0, 0.1) is 46.5 Å². The van der Waals surface area contributed by atoms with E-state index in [9.17, 15) is 39.5 Å². The largest absolute Gasteiger partial charge is 0.429 e. The fourth-order valence-corrected chi connectivity index (χ4v) is 3.86. The molecule has 0 atom stereocenters. The third-order valence-corrected chi connectivity index (χ3v) is 5.61. The Kier molecular flexibility index (Phi) is 6.83. The summed E-state index contributed by atoms with van der Waals surface area (Å²) in [4.78, 5) is 0. The smallest absolute Gasteiger partial charge is 0.429 e. The Morgan fingerprint density at radius 3 is 1.86 bits per heavy atom. The third-order valence-electron chi connectivity index (χ3n) is 5.61. The standard InChI is InChI=1S/C26H14F10O/c1-2-3-11-4-6-15(22(31)20(11)29)14-7-5-12-8-16(23(32)25(34)19(12)21(14)30)26(35,36)37-13-9-17(27)24(33)18(28)10-13/h4-10H,2-3H2,1H3. The van der Waals surface area contributed by atoms with Gasteiger partial charge in [0.05, 0.1) is 5.39 Å². The van der Waals surface area contributed by atoms with Gasteiger partial charge in [0.1, 0.15) is 17.1 Å². The van der Waals surface area contributed by atoms with Gasteiger partial charge in [-0.05, 0) is 23.4 Å². The minimum Gasteiger partial charge on any atom is -0.429 e. The van der Waals surface area contributed by atoms with Gasteiger partial charge in [-0.15, -0.1) is 0 Å². The van der Waals surface area contributed by atoms with E-state index < -0.39 is 85.9 Å². The van der Waals surface area contributed by atoms with Crippen LogP contribution in [0.5, 0.6) is 5.75 Å². The van der Waals surface area contributed by atoms with E-state index in [1.165, 1.54) is 6.07 Å². The number of fused-ring (bicyclic) bond motifs is 1. The third kappa shape index (κ3) is 4.58. The Morgan fingerprint density at radius 1 is 0.649 bits per heavy atom. The summed E-state index contributed by atoms with van der Waals surface area (Å²) in [6.45, 7) is 1.73. The van der Waals surface area contributed by atoms with Gasteiger partial charge in [0.2, 0.25) is 0 Å². The SMILES string of the molecule is CCCc1ccc(-c2ccc3cc(C(F)(F)Oc4cc(F)c(F)c(F)c4)c(F)c(F)c3c2F)c(F)c1F. The Hall–Kier alpha value is -3.76. The molecule has 1 nitrogen and oxygen atoms in total. The van der Waals surface area contributed by atoms with Gasteiger partial charge in [-0.1, -0.05) is 37.6 Å². The molecular weight excluding hydrogens is 518 g/mol. The number of hydrogen-bond acceptors (Lipinski definition) is 1. The first-order valence-corrected chi connectivity index (χ1v) is 10.7. The Morgan fingerprint density at radius 2 is 1.24 bits per heavy atom. The number of alkyl halides is 2. The van der Waals surface area contributed by atoms with Crippen LogP contribution in [-0.2, 0) is 12.5 Å². The van der Waals surface area contributed by atoms with Gasteiger partial charge in [-0.3, -0.25) is 0 Å². The van der Waals surface area contributed by atoms with Gasteiger partial charge in [-0.25, -0.2) is 35.1 Å². The fourth-order valence-electron chi connectivity index (χ4n) is 3.86. The van der Waals surface area contributed by atoms with E-state index in [0.717, 1.165) is 18.2 Å². The van der Waals surface area contributed by atoms with Crippen molar-refractivity contribution >= 4 is 10.8 Å². The van der Waals surface area contributed by atoms with E-state index in [4.69, 9.17) is 0 Å². The minimum absolute atomic E-state index is 0.0231. The molecule has 0 aliphatic heterocycles. The van der Waals surface area contributed by atoms with Gasteiger partial charge < -0.3 is 4.74 Å². The summed E-state index contributed by atoms with van der Waals surface area (Å²) in [5.74, 6) is -15.6. The number of halogens is 10. The van der Waals surface area contributed by atoms with Crippen molar-refractivity contribution in [2.45, 2.75) is 25.9 Å². The molecule has 0 bridgehead atoms. The number of hydrogen-bond donors (Lipinski definition) is 0. The molecule has 0 spiro atoms. The van der Waals surface area contributed by atoms with Gasteiger partial charge in [-0.2, -0.15) is 8.78 Å². The summed E-state index contributed by atoms with van der Waals surface area (Å²) in [6, 6.07) is 4.43. The molecular formula is C26H14F10O. The number of ether oxygens (including phenoxy) is 1. The maximum absolute atomic E-state index is 15.2. The average molecular weight is 532 g/mol. The minimum atomic E-state index is -4.75. The number of benzene rings is 4. The molecule has 4 aromatic carbocycles. The van der Waals surface area contributed by atoms with Crippen molar-refractivity contribution in [1.29, 1.82) is 0 Å². The highest BCUT2D eigenvalue weighted by atomic mass is 19.3. The molecule has 0 saturated carbocycles. The van der Waals surface area contributed by atoms with Crippen LogP contribution in [0.25, 0.3) is 21.9 Å². The second-order valence-corrected chi connectivity index (χ2v) is 8.05. The van der Waals surface area contributed by atoms with Crippen LogP contribution >= 0.6 is 0 Å². The molecule has 0 aliphatic carbocycles. The second-order valence-electron chi connectivity index (χ2n) is 8.05. The van der Waals surface area contributed by atoms with Crippen LogP contribution in [0.4, 0.5) is 43.9 Å². The summed E-state index contributed by atoms with van der Waals surface area (Å²) in [5, 5.41) is -1.75. The van der Waals surface area contributed by atoms with Crippen LogP contribution in [0.3, 0.4) is 0 Å². The highest BCUT2D eigenvalue weighted by molar-refractivity contribution is 5.89. The Bertz CT molecular complexity index is 1510. The van der Waals surface area contributed by atoms with Gasteiger partial charge >= 0.3 is 6.11 Å². The highest BCUT2D eigenvalue weighted by Gasteiger charge is 2.40. The summed E-state index contributed by atoms with van der Waals surface area (Å²) in [7, 11) is 0. The lowest BCUT2D eigenvalue weighted by molar-refractivity contribution is -0.187. The number of aryl methyl sites for hydroxylation is 1. The summed E-state index contributed by atoms with van der Waals surface area (Å²) >= 11 is 0.